The van der Waals surface area contributed by atoms with E-state index in [9.17, 15) is 10.1 Å². The van der Waals surface area contributed by atoms with Gasteiger partial charge in [-0.2, -0.15) is 10.2 Å². The summed E-state index contributed by atoms with van der Waals surface area (Å²) >= 11 is 0. The zero-order valence-corrected chi connectivity index (χ0v) is 20.6. The summed E-state index contributed by atoms with van der Waals surface area (Å²) in [5, 5.41) is 20.8. The largest absolute Gasteiger partial charge is 0.481 e. The summed E-state index contributed by atoms with van der Waals surface area (Å²) in [6.45, 7) is 5.28. The molecular weight excluding hydrogens is 458 g/mol. The molecule has 0 radical (unpaired) electrons. The van der Waals surface area contributed by atoms with Crippen molar-refractivity contribution < 1.29 is 9.90 Å². The number of aromatic nitrogens is 3. The fraction of sp³-hybridized carbons (Fsp3) is 0.423. The Morgan fingerprint density at radius 3 is 2.39 bits per heavy atom. The maximum atomic E-state index is 12.9. The quantitative estimate of drug-likeness (QED) is 0.567. The number of hydrogen-bond acceptors (Lipinski definition) is 8. The Bertz CT molecular complexity index is 1310. The highest BCUT2D eigenvalue weighted by molar-refractivity contribution is 5.77. The number of nitrogens with zero attached hydrogens (tertiary/aromatic N) is 6. The van der Waals surface area contributed by atoms with Crippen LogP contribution in [0.4, 0.5) is 17.3 Å². The molecule has 1 saturated carbocycles. The number of hydrogen-bond donors (Lipinski definition) is 2. The van der Waals surface area contributed by atoms with E-state index in [0.717, 1.165) is 64.5 Å². The SMILES string of the molecule is CC(=O)O.CN1CCN(c2ccc(Nc3ncc4cc(C#N)c(=O)n(C5CCCC5)c4n3)cc2)CC1. The summed E-state index contributed by atoms with van der Waals surface area (Å²) in [6.07, 6.45) is 5.74. The third-order valence-corrected chi connectivity index (χ3v) is 6.58. The number of anilines is 3. The molecule has 2 aromatic heterocycles. The number of nitriles is 1. The number of benzene rings is 1. The lowest BCUT2D eigenvalue weighted by molar-refractivity contribution is -0.134. The summed E-state index contributed by atoms with van der Waals surface area (Å²) in [6, 6.07) is 12.0. The highest BCUT2D eigenvalue weighted by Crippen LogP contribution is 2.31. The van der Waals surface area contributed by atoms with Gasteiger partial charge in [-0.1, -0.05) is 12.8 Å². The second kappa shape index (κ2) is 11.2. The zero-order valence-electron chi connectivity index (χ0n) is 20.6. The number of carboxylic acids is 1. The minimum atomic E-state index is -0.833. The number of fused-ring (bicyclic) bond motifs is 1. The first-order valence-corrected chi connectivity index (χ1v) is 12.2. The van der Waals surface area contributed by atoms with Crippen molar-refractivity contribution in [3.63, 3.8) is 0 Å². The van der Waals surface area contributed by atoms with Crippen LogP contribution in [0.5, 0.6) is 0 Å². The third kappa shape index (κ3) is 5.80. The summed E-state index contributed by atoms with van der Waals surface area (Å²) in [5.74, 6) is -0.388. The third-order valence-electron chi connectivity index (χ3n) is 6.58. The molecule has 1 aromatic carbocycles. The fourth-order valence-electron chi connectivity index (χ4n) is 4.71. The van der Waals surface area contributed by atoms with Crippen LogP contribution in [-0.4, -0.2) is 63.7 Å². The van der Waals surface area contributed by atoms with Gasteiger partial charge in [0.1, 0.15) is 17.3 Å². The Labute approximate surface area is 209 Å². The standard InChI is InChI=1S/C24H27N7O.C2H4O2/c1-29-10-12-30(13-11-29)20-8-6-19(7-9-20)27-24-26-16-18-14-17(15-25)23(32)31(22(18)28-24)21-4-2-3-5-21;1-2(3)4/h6-9,14,16,21H,2-5,10-13H2,1H3,(H,26,27,28);1H3,(H,3,4). The number of carboxylic acid groups (broad SMARTS) is 1. The van der Waals surface area contributed by atoms with Gasteiger partial charge in [0.2, 0.25) is 5.95 Å². The summed E-state index contributed by atoms with van der Waals surface area (Å²) < 4.78 is 1.71. The Morgan fingerprint density at radius 2 is 1.78 bits per heavy atom. The van der Waals surface area contributed by atoms with E-state index >= 15 is 0 Å². The van der Waals surface area contributed by atoms with Crippen molar-refractivity contribution in [3.05, 3.63) is 52.4 Å². The number of carbonyl (C=O) groups is 1. The minimum absolute atomic E-state index is 0.0870. The van der Waals surface area contributed by atoms with Gasteiger partial charge in [-0.3, -0.25) is 14.2 Å². The predicted octanol–water partition coefficient (Wildman–Crippen LogP) is 3.36. The summed E-state index contributed by atoms with van der Waals surface area (Å²) in [7, 11) is 2.15. The van der Waals surface area contributed by atoms with Crippen LogP contribution in [0.25, 0.3) is 11.0 Å². The first-order chi connectivity index (χ1) is 17.4. The number of likely N-dealkylation sites (N-methyl/N-ethyl adjacent to an activating group) is 1. The van der Waals surface area contributed by atoms with Crippen LogP contribution in [0.15, 0.2) is 41.3 Å². The monoisotopic (exact) mass is 489 g/mol. The molecule has 2 N–H and O–H groups in total. The molecule has 2 aliphatic rings. The molecule has 1 saturated heterocycles. The highest BCUT2D eigenvalue weighted by atomic mass is 16.4. The molecule has 10 heteroatoms. The second-order valence-corrected chi connectivity index (χ2v) is 9.24. The van der Waals surface area contributed by atoms with E-state index < -0.39 is 5.97 Å². The zero-order chi connectivity index (χ0) is 25.7. The van der Waals surface area contributed by atoms with Gasteiger partial charge in [-0.05, 0) is 50.2 Å². The van der Waals surface area contributed by atoms with E-state index in [1.54, 1.807) is 16.8 Å². The van der Waals surface area contributed by atoms with Crippen molar-refractivity contribution in [1.29, 1.82) is 5.26 Å². The van der Waals surface area contributed by atoms with Gasteiger partial charge in [0.05, 0.1) is 0 Å². The number of aliphatic carboxylic acids is 1. The van der Waals surface area contributed by atoms with E-state index in [0.29, 0.717) is 17.0 Å². The molecule has 3 heterocycles. The molecule has 188 valence electrons. The molecule has 1 aliphatic carbocycles. The molecule has 0 unspecified atom stereocenters. The van der Waals surface area contributed by atoms with Crippen LogP contribution >= 0.6 is 0 Å². The number of rotatable bonds is 4. The highest BCUT2D eigenvalue weighted by Gasteiger charge is 2.23. The van der Waals surface area contributed by atoms with Gasteiger partial charge < -0.3 is 20.2 Å². The first-order valence-electron chi connectivity index (χ1n) is 12.2. The fourth-order valence-corrected chi connectivity index (χ4v) is 4.71. The predicted molar refractivity (Wildman–Crippen MR) is 139 cm³/mol. The normalized spacial score (nSPS) is 16.3. The molecule has 0 atom stereocenters. The summed E-state index contributed by atoms with van der Waals surface area (Å²) in [5.41, 5.74) is 2.58. The lowest BCUT2D eigenvalue weighted by atomic mass is 10.2. The van der Waals surface area contributed by atoms with Gasteiger partial charge in [-0.25, -0.2) is 4.98 Å². The lowest BCUT2D eigenvalue weighted by Gasteiger charge is -2.34. The van der Waals surface area contributed by atoms with Crippen molar-refractivity contribution >= 4 is 34.3 Å². The van der Waals surface area contributed by atoms with E-state index in [4.69, 9.17) is 9.90 Å². The smallest absolute Gasteiger partial charge is 0.300 e. The molecule has 1 aliphatic heterocycles. The molecule has 5 rings (SSSR count). The first kappa shape index (κ1) is 25.1. The van der Waals surface area contributed by atoms with Gasteiger partial charge in [0.25, 0.3) is 11.5 Å². The Kier molecular flexibility index (Phi) is 7.80. The topological polar surface area (TPSA) is 127 Å². The Morgan fingerprint density at radius 1 is 1.14 bits per heavy atom. The van der Waals surface area contributed by atoms with Gasteiger partial charge in [0.15, 0.2) is 0 Å². The van der Waals surface area contributed by atoms with Gasteiger partial charge >= 0.3 is 0 Å². The van der Waals surface area contributed by atoms with Crippen LogP contribution in [0.3, 0.4) is 0 Å². The lowest BCUT2D eigenvalue weighted by Crippen LogP contribution is -2.44. The van der Waals surface area contributed by atoms with E-state index in [-0.39, 0.29) is 17.2 Å². The van der Waals surface area contributed by atoms with Gasteiger partial charge in [-0.15, -0.1) is 0 Å². The van der Waals surface area contributed by atoms with E-state index in [1.807, 2.05) is 18.2 Å². The van der Waals surface area contributed by atoms with Crippen LogP contribution in [0.2, 0.25) is 0 Å². The van der Waals surface area contributed by atoms with E-state index in [1.165, 1.54) is 5.69 Å². The molecule has 10 nitrogen and oxygen atoms in total. The van der Waals surface area contributed by atoms with Crippen LogP contribution in [0, 0.1) is 11.3 Å². The molecule has 0 bridgehead atoms. The van der Waals surface area contributed by atoms with Crippen molar-refractivity contribution in [3.8, 4) is 6.07 Å². The van der Waals surface area contributed by atoms with Crippen LogP contribution in [0.1, 0.15) is 44.2 Å². The van der Waals surface area contributed by atoms with Crippen molar-refractivity contribution in [2.45, 2.75) is 38.6 Å². The number of nitrogens with one attached hydrogen (secondary N) is 1. The molecule has 0 spiro atoms. The van der Waals surface area contributed by atoms with Crippen molar-refractivity contribution in [2.75, 3.05) is 43.4 Å². The average molecular weight is 490 g/mol. The maximum absolute atomic E-state index is 12.9. The maximum Gasteiger partial charge on any atom is 0.300 e. The summed E-state index contributed by atoms with van der Waals surface area (Å²) in [4.78, 5) is 35.8. The average Bonchev–Trinajstić information content (AvgIpc) is 3.39. The minimum Gasteiger partial charge on any atom is -0.481 e. The van der Waals surface area contributed by atoms with Crippen molar-refractivity contribution in [2.24, 2.45) is 0 Å². The molecule has 36 heavy (non-hydrogen) atoms. The van der Waals surface area contributed by atoms with Crippen LogP contribution in [-0.2, 0) is 4.79 Å². The van der Waals surface area contributed by atoms with Crippen LogP contribution < -0.4 is 15.8 Å². The molecule has 0 amide bonds. The molecule has 2 fully saturated rings. The number of pyridine rings is 1. The van der Waals surface area contributed by atoms with Gasteiger partial charge in [0, 0.05) is 62.1 Å². The molecule has 3 aromatic rings. The van der Waals surface area contributed by atoms with Crippen molar-refractivity contribution in [1.82, 2.24) is 19.4 Å². The number of piperazine rings is 1. The van der Waals surface area contributed by atoms with E-state index in [2.05, 4.69) is 44.3 Å². The Hall–Kier alpha value is -3.97. The Balaban J connectivity index is 0.000000709. The second-order valence-electron chi connectivity index (χ2n) is 9.24. The molecular formula is C26H31N7O3.